The summed E-state index contributed by atoms with van der Waals surface area (Å²) >= 11 is 0. The van der Waals surface area contributed by atoms with Gasteiger partial charge in [0, 0.05) is 11.9 Å². The van der Waals surface area contributed by atoms with Gasteiger partial charge in [-0.2, -0.15) is 0 Å². The number of hydrogen-bond acceptors (Lipinski definition) is 3. The Balaban J connectivity index is 0.00000312. The Labute approximate surface area is 166 Å². The van der Waals surface area contributed by atoms with Crippen molar-refractivity contribution in [3.05, 3.63) is 59.7 Å². The molecule has 0 heterocycles. The van der Waals surface area contributed by atoms with E-state index in [1.807, 2.05) is 18.2 Å². The summed E-state index contributed by atoms with van der Waals surface area (Å²) in [5.74, 6) is 0.765. The van der Waals surface area contributed by atoms with Crippen molar-refractivity contribution >= 4 is 45.5 Å². The highest BCUT2D eigenvalue weighted by atomic mass is 127. The molecule has 0 saturated heterocycles. The van der Waals surface area contributed by atoms with Crippen LogP contribution in [0.3, 0.4) is 0 Å². The minimum absolute atomic E-state index is 0. The van der Waals surface area contributed by atoms with Crippen LogP contribution in [0, 0.1) is 0 Å². The molecule has 2 aromatic carbocycles. The van der Waals surface area contributed by atoms with Crippen LogP contribution in [0.4, 0.5) is 5.69 Å². The second-order valence-electron chi connectivity index (χ2n) is 6.02. The molecule has 0 unspecified atom stereocenters. The lowest BCUT2D eigenvalue weighted by Crippen LogP contribution is -2.22. The van der Waals surface area contributed by atoms with Crippen LogP contribution >= 0.6 is 24.0 Å². The molecule has 0 radical (unpaired) electrons. The minimum Gasteiger partial charge on any atom is -0.370 e. The molecule has 2 rings (SSSR count). The summed E-state index contributed by atoms with van der Waals surface area (Å²) in [7, 11) is -3.18. The van der Waals surface area contributed by atoms with Gasteiger partial charge in [0.25, 0.3) is 0 Å². The quantitative estimate of drug-likeness (QED) is 0.394. The predicted molar refractivity (Wildman–Crippen MR) is 114 cm³/mol. The lowest BCUT2D eigenvalue weighted by atomic mass is 10.0. The van der Waals surface area contributed by atoms with Crippen LogP contribution in [0.5, 0.6) is 0 Å². The van der Waals surface area contributed by atoms with Gasteiger partial charge < -0.3 is 11.1 Å². The Bertz CT molecular complexity index is 832. The Morgan fingerprint density at radius 2 is 1.80 bits per heavy atom. The van der Waals surface area contributed by atoms with Gasteiger partial charge in [-0.15, -0.1) is 24.0 Å². The van der Waals surface area contributed by atoms with E-state index in [1.165, 1.54) is 11.8 Å². The normalized spacial score (nSPS) is 11.9. The fourth-order valence-corrected chi connectivity index (χ4v) is 2.81. The molecule has 0 atom stereocenters. The molecule has 0 saturated carbocycles. The minimum atomic E-state index is -3.18. The third-order valence-corrected chi connectivity index (χ3v) is 4.74. The van der Waals surface area contributed by atoms with E-state index in [-0.39, 0.29) is 24.0 Å². The largest absolute Gasteiger partial charge is 0.370 e. The van der Waals surface area contributed by atoms with E-state index in [4.69, 9.17) is 5.73 Å². The van der Waals surface area contributed by atoms with Crippen LogP contribution in [0.25, 0.3) is 0 Å². The molecule has 136 valence electrons. The molecule has 0 bridgehead atoms. The topological polar surface area (TPSA) is 84.5 Å². The van der Waals surface area contributed by atoms with E-state index in [1.54, 1.807) is 24.3 Å². The molecule has 0 aromatic heterocycles. The molecule has 0 aliphatic heterocycles. The lowest BCUT2D eigenvalue weighted by molar-refractivity contribution is 0.602. The molecule has 25 heavy (non-hydrogen) atoms. The van der Waals surface area contributed by atoms with Crippen LogP contribution in [0.15, 0.2) is 58.4 Å². The molecule has 3 N–H and O–H groups in total. The predicted octanol–water partition coefficient (Wildman–Crippen LogP) is 3.76. The highest BCUT2D eigenvalue weighted by Gasteiger charge is 2.06. The second-order valence-corrected chi connectivity index (χ2v) is 8.04. The number of nitrogens with one attached hydrogen (secondary N) is 1. The van der Waals surface area contributed by atoms with E-state index < -0.39 is 9.84 Å². The zero-order valence-electron chi connectivity index (χ0n) is 14.6. The summed E-state index contributed by atoms with van der Waals surface area (Å²) in [5, 5.41) is 3.07. The fourth-order valence-electron chi connectivity index (χ4n) is 2.18. The number of nitrogens with zero attached hydrogens (tertiary/aromatic N) is 1. The average Bonchev–Trinajstić information content (AvgIpc) is 2.53. The number of benzene rings is 2. The fraction of sp³-hybridized carbons (Fsp3) is 0.278. The van der Waals surface area contributed by atoms with Crippen molar-refractivity contribution in [1.29, 1.82) is 0 Å². The molecule has 2 aromatic rings. The molecular weight excluding hydrogens is 449 g/mol. The standard InChI is InChI=1S/C18H23N3O2S.HI/c1-13(2)15-5-4-6-16(11-15)21-18(19)20-12-14-7-9-17(10-8-14)24(3,22)23;/h4-11,13H,12H2,1-3H3,(H3,19,20,21);1H. The Morgan fingerprint density at radius 1 is 1.16 bits per heavy atom. The van der Waals surface area contributed by atoms with Gasteiger partial charge in [0.1, 0.15) is 0 Å². The lowest BCUT2D eigenvalue weighted by Gasteiger charge is -2.10. The van der Waals surface area contributed by atoms with Crippen LogP contribution < -0.4 is 11.1 Å². The van der Waals surface area contributed by atoms with Gasteiger partial charge in [-0.25, -0.2) is 13.4 Å². The van der Waals surface area contributed by atoms with E-state index >= 15 is 0 Å². The third-order valence-electron chi connectivity index (χ3n) is 3.61. The number of nitrogens with two attached hydrogens (primary N) is 1. The number of halogens is 1. The molecule has 0 aliphatic rings. The molecule has 5 nitrogen and oxygen atoms in total. The van der Waals surface area contributed by atoms with Crippen LogP contribution in [-0.2, 0) is 16.4 Å². The Morgan fingerprint density at radius 3 is 2.36 bits per heavy atom. The van der Waals surface area contributed by atoms with Crippen molar-refractivity contribution < 1.29 is 8.42 Å². The van der Waals surface area contributed by atoms with E-state index in [9.17, 15) is 8.42 Å². The van der Waals surface area contributed by atoms with Gasteiger partial charge in [0.15, 0.2) is 15.8 Å². The number of hydrogen-bond donors (Lipinski definition) is 2. The number of guanidine groups is 1. The maximum atomic E-state index is 11.4. The van der Waals surface area contributed by atoms with Crippen LogP contribution in [0.2, 0.25) is 0 Å². The molecule has 0 amide bonds. The van der Waals surface area contributed by atoms with Crippen LogP contribution in [0.1, 0.15) is 30.9 Å². The Kier molecular flexibility index (Phi) is 7.88. The first-order valence-electron chi connectivity index (χ1n) is 7.71. The van der Waals surface area contributed by atoms with Gasteiger partial charge in [-0.05, 0) is 41.3 Å². The molecule has 0 spiro atoms. The van der Waals surface area contributed by atoms with Crippen molar-refractivity contribution in [1.82, 2.24) is 0 Å². The van der Waals surface area contributed by atoms with E-state index in [0.717, 1.165) is 11.3 Å². The first-order chi connectivity index (χ1) is 11.3. The highest BCUT2D eigenvalue weighted by Crippen LogP contribution is 2.18. The zero-order chi connectivity index (χ0) is 17.7. The molecule has 0 fully saturated rings. The van der Waals surface area contributed by atoms with Crippen molar-refractivity contribution in [3.8, 4) is 0 Å². The monoisotopic (exact) mass is 473 g/mol. The number of aliphatic imine (C=N–C) groups is 1. The van der Waals surface area contributed by atoms with Crippen molar-refractivity contribution in [2.45, 2.75) is 31.2 Å². The summed E-state index contributed by atoms with van der Waals surface area (Å²) in [6, 6.07) is 14.7. The summed E-state index contributed by atoms with van der Waals surface area (Å²) < 4.78 is 22.9. The summed E-state index contributed by atoms with van der Waals surface area (Å²) in [6.45, 7) is 4.65. The third kappa shape index (κ3) is 6.66. The summed E-state index contributed by atoms with van der Waals surface area (Å²) in [5.41, 5.74) is 8.94. The average molecular weight is 473 g/mol. The smallest absolute Gasteiger partial charge is 0.193 e. The summed E-state index contributed by atoms with van der Waals surface area (Å²) in [6.07, 6.45) is 1.19. The van der Waals surface area contributed by atoms with Crippen molar-refractivity contribution in [2.24, 2.45) is 10.7 Å². The number of anilines is 1. The first kappa shape index (κ1) is 21.4. The number of sulfone groups is 1. The van der Waals surface area contributed by atoms with E-state index in [2.05, 4.69) is 30.2 Å². The van der Waals surface area contributed by atoms with Gasteiger partial charge >= 0.3 is 0 Å². The zero-order valence-corrected chi connectivity index (χ0v) is 17.7. The van der Waals surface area contributed by atoms with Crippen molar-refractivity contribution in [2.75, 3.05) is 11.6 Å². The molecule has 0 aliphatic carbocycles. The van der Waals surface area contributed by atoms with E-state index in [0.29, 0.717) is 23.3 Å². The van der Waals surface area contributed by atoms with Gasteiger partial charge in [0.2, 0.25) is 0 Å². The Hall–Kier alpha value is -1.61. The SMILES string of the molecule is CC(C)c1cccc(NC(N)=NCc2ccc(S(C)(=O)=O)cc2)c1.I. The summed E-state index contributed by atoms with van der Waals surface area (Å²) in [4.78, 5) is 4.59. The molecule has 7 heteroatoms. The van der Waals surface area contributed by atoms with Gasteiger partial charge in [-0.3, -0.25) is 0 Å². The first-order valence-corrected chi connectivity index (χ1v) is 9.61. The maximum Gasteiger partial charge on any atom is 0.193 e. The second kappa shape index (κ2) is 9.19. The maximum absolute atomic E-state index is 11.4. The number of rotatable bonds is 5. The molecular formula is C18H24IN3O2S. The van der Waals surface area contributed by atoms with Crippen molar-refractivity contribution in [3.63, 3.8) is 0 Å². The van der Waals surface area contributed by atoms with Gasteiger partial charge in [-0.1, -0.05) is 38.1 Å². The van der Waals surface area contributed by atoms with Crippen LogP contribution in [-0.4, -0.2) is 20.6 Å². The van der Waals surface area contributed by atoms with Gasteiger partial charge in [0.05, 0.1) is 11.4 Å². The highest BCUT2D eigenvalue weighted by molar-refractivity contribution is 14.0.